The quantitative estimate of drug-likeness (QED) is 0.788. The SMILES string of the molecule is Cc1cc(Br)ccc1-c1nc(=S)cc(C(C)C)[nH]1. The topological polar surface area (TPSA) is 28.7 Å². The van der Waals surface area contributed by atoms with E-state index in [2.05, 4.69) is 58.8 Å². The van der Waals surface area contributed by atoms with Crippen LogP contribution in [0.2, 0.25) is 0 Å². The molecule has 2 aromatic rings. The van der Waals surface area contributed by atoms with E-state index in [4.69, 9.17) is 12.2 Å². The van der Waals surface area contributed by atoms with Gasteiger partial charge in [-0.3, -0.25) is 0 Å². The number of hydrogen-bond donors (Lipinski definition) is 1. The minimum absolute atomic E-state index is 0.407. The van der Waals surface area contributed by atoms with Crippen molar-refractivity contribution >= 4 is 28.1 Å². The third-order valence-electron chi connectivity index (χ3n) is 2.83. The Bertz CT molecular complexity index is 632. The summed E-state index contributed by atoms with van der Waals surface area (Å²) in [6, 6.07) is 8.08. The zero-order chi connectivity index (χ0) is 13.3. The molecule has 0 saturated heterocycles. The lowest BCUT2D eigenvalue weighted by Crippen LogP contribution is -1.99. The zero-order valence-electron chi connectivity index (χ0n) is 10.6. The lowest BCUT2D eigenvalue weighted by molar-refractivity contribution is 0.815. The summed E-state index contributed by atoms with van der Waals surface area (Å²) >= 11 is 8.70. The van der Waals surface area contributed by atoms with Crippen LogP contribution in [0.4, 0.5) is 0 Å². The summed E-state index contributed by atoms with van der Waals surface area (Å²) in [6.07, 6.45) is 0. The van der Waals surface area contributed by atoms with Crippen LogP contribution in [0.15, 0.2) is 28.7 Å². The van der Waals surface area contributed by atoms with E-state index in [0.717, 1.165) is 21.6 Å². The van der Waals surface area contributed by atoms with Gasteiger partial charge < -0.3 is 4.98 Å². The summed E-state index contributed by atoms with van der Waals surface area (Å²) in [6.45, 7) is 6.35. The van der Waals surface area contributed by atoms with Crippen molar-refractivity contribution in [2.24, 2.45) is 0 Å². The van der Waals surface area contributed by atoms with Gasteiger partial charge in [-0.05, 0) is 42.7 Å². The number of halogens is 1. The van der Waals surface area contributed by atoms with E-state index in [1.807, 2.05) is 12.1 Å². The van der Waals surface area contributed by atoms with Crippen molar-refractivity contribution in [2.45, 2.75) is 26.7 Å². The van der Waals surface area contributed by atoms with Gasteiger partial charge >= 0.3 is 0 Å². The van der Waals surface area contributed by atoms with Crippen LogP contribution in [0, 0.1) is 11.6 Å². The molecule has 0 spiro atoms. The zero-order valence-corrected chi connectivity index (χ0v) is 13.0. The maximum absolute atomic E-state index is 5.23. The average molecular weight is 323 g/mol. The number of aromatic amines is 1. The van der Waals surface area contributed by atoms with Crippen LogP contribution in [0.25, 0.3) is 11.4 Å². The van der Waals surface area contributed by atoms with Crippen molar-refractivity contribution < 1.29 is 0 Å². The molecular weight excluding hydrogens is 308 g/mol. The first-order chi connectivity index (χ1) is 8.47. The van der Waals surface area contributed by atoms with Gasteiger partial charge in [0.2, 0.25) is 0 Å². The molecule has 0 atom stereocenters. The largest absolute Gasteiger partial charge is 0.343 e. The predicted octanol–water partition coefficient (Wildman–Crippen LogP) is 5.00. The third kappa shape index (κ3) is 2.87. The van der Waals surface area contributed by atoms with Crippen LogP contribution in [0.1, 0.15) is 31.0 Å². The molecule has 94 valence electrons. The Morgan fingerprint density at radius 3 is 2.61 bits per heavy atom. The van der Waals surface area contributed by atoms with Gasteiger partial charge in [-0.15, -0.1) is 0 Å². The monoisotopic (exact) mass is 322 g/mol. The van der Waals surface area contributed by atoms with E-state index in [9.17, 15) is 0 Å². The first-order valence-corrected chi connectivity index (χ1v) is 7.05. The van der Waals surface area contributed by atoms with Crippen LogP contribution in [0.5, 0.6) is 0 Å². The summed E-state index contributed by atoms with van der Waals surface area (Å²) in [4.78, 5) is 7.79. The summed E-state index contributed by atoms with van der Waals surface area (Å²) in [5.74, 6) is 1.25. The summed E-state index contributed by atoms with van der Waals surface area (Å²) < 4.78 is 1.71. The van der Waals surface area contributed by atoms with Crippen LogP contribution in [0.3, 0.4) is 0 Å². The van der Waals surface area contributed by atoms with Crippen LogP contribution in [-0.4, -0.2) is 9.97 Å². The number of rotatable bonds is 2. The number of nitrogens with one attached hydrogen (secondary N) is 1. The number of aromatic nitrogens is 2. The number of H-pyrrole nitrogens is 1. The number of hydrogen-bond acceptors (Lipinski definition) is 2. The fourth-order valence-corrected chi connectivity index (χ4v) is 2.50. The second-order valence-corrected chi connectivity index (χ2v) is 5.97. The lowest BCUT2D eigenvalue weighted by atomic mass is 10.1. The summed E-state index contributed by atoms with van der Waals surface area (Å²) in [7, 11) is 0. The highest BCUT2D eigenvalue weighted by Crippen LogP contribution is 2.24. The molecule has 0 aliphatic carbocycles. The molecule has 0 bridgehead atoms. The van der Waals surface area contributed by atoms with Gasteiger partial charge in [-0.2, -0.15) is 0 Å². The van der Waals surface area contributed by atoms with E-state index in [1.165, 1.54) is 5.56 Å². The van der Waals surface area contributed by atoms with Gasteiger partial charge in [0.25, 0.3) is 0 Å². The molecule has 1 heterocycles. The van der Waals surface area contributed by atoms with Gasteiger partial charge in [-0.25, -0.2) is 4.98 Å². The molecule has 0 unspecified atom stereocenters. The fraction of sp³-hybridized carbons (Fsp3) is 0.286. The van der Waals surface area contributed by atoms with Gasteiger partial charge in [0.1, 0.15) is 10.5 Å². The van der Waals surface area contributed by atoms with Crippen molar-refractivity contribution in [3.63, 3.8) is 0 Å². The first-order valence-electron chi connectivity index (χ1n) is 5.85. The standard InChI is InChI=1S/C14H15BrN2S/c1-8(2)12-7-13(18)17-14(16-12)11-5-4-10(15)6-9(11)3/h4-8H,1-3H3,(H,16,17,18). The molecule has 1 N–H and O–H groups in total. The van der Waals surface area contributed by atoms with Crippen molar-refractivity contribution in [1.29, 1.82) is 0 Å². The highest BCUT2D eigenvalue weighted by molar-refractivity contribution is 9.10. The molecule has 4 heteroatoms. The predicted molar refractivity (Wildman–Crippen MR) is 81.4 cm³/mol. The lowest BCUT2D eigenvalue weighted by Gasteiger charge is -2.10. The Balaban J connectivity index is 2.60. The number of aryl methyl sites for hydroxylation is 1. The minimum atomic E-state index is 0.407. The normalized spacial score (nSPS) is 10.9. The van der Waals surface area contributed by atoms with Gasteiger partial charge in [0.05, 0.1) is 0 Å². The molecule has 2 rings (SSSR count). The third-order valence-corrected chi connectivity index (χ3v) is 3.53. The molecule has 0 fully saturated rings. The summed E-state index contributed by atoms with van der Waals surface area (Å²) in [5.41, 5.74) is 3.38. The van der Waals surface area contributed by atoms with Gasteiger partial charge in [0.15, 0.2) is 0 Å². The molecular formula is C14H15BrN2S. The minimum Gasteiger partial charge on any atom is -0.343 e. The summed E-state index contributed by atoms with van der Waals surface area (Å²) in [5, 5.41) is 0. The molecule has 0 aliphatic rings. The number of benzene rings is 1. The molecule has 2 nitrogen and oxygen atoms in total. The maximum atomic E-state index is 5.23. The van der Waals surface area contributed by atoms with Crippen molar-refractivity contribution in [1.82, 2.24) is 9.97 Å². The molecule has 0 aliphatic heterocycles. The Kier molecular flexibility index (Phi) is 3.97. The Hall–Kier alpha value is -1.00. The van der Waals surface area contributed by atoms with E-state index < -0.39 is 0 Å². The second kappa shape index (κ2) is 5.33. The second-order valence-electron chi connectivity index (χ2n) is 4.64. The van der Waals surface area contributed by atoms with Crippen molar-refractivity contribution in [3.05, 3.63) is 44.6 Å². The molecule has 1 aromatic heterocycles. The Labute approximate surface area is 121 Å². The first kappa shape index (κ1) is 13.4. The Morgan fingerprint density at radius 1 is 1.28 bits per heavy atom. The molecule has 18 heavy (non-hydrogen) atoms. The van der Waals surface area contributed by atoms with E-state index >= 15 is 0 Å². The van der Waals surface area contributed by atoms with Crippen LogP contribution in [-0.2, 0) is 0 Å². The smallest absolute Gasteiger partial charge is 0.139 e. The van der Waals surface area contributed by atoms with Crippen molar-refractivity contribution in [2.75, 3.05) is 0 Å². The van der Waals surface area contributed by atoms with Crippen LogP contribution >= 0.6 is 28.1 Å². The molecule has 0 saturated carbocycles. The highest BCUT2D eigenvalue weighted by atomic mass is 79.9. The van der Waals surface area contributed by atoms with Crippen LogP contribution < -0.4 is 0 Å². The molecule has 0 amide bonds. The van der Waals surface area contributed by atoms with E-state index in [-0.39, 0.29) is 0 Å². The maximum Gasteiger partial charge on any atom is 0.139 e. The van der Waals surface area contributed by atoms with E-state index in [1.54, 1.807) is 0 Å². The molecule has 1 aromatic carbocycles. The highest BCUT2D eigenvalue weighted by Gasteiger charge is 2.07. The van der Waals surface area contributed by atoms with Gasteiger partial charge in [-0.1, -0.05) is 42.0 Å². The fourth-order valence-electron chi connectivity index (χ4n) is 1.81. The number of nitrogens with zero attached hydrogens (tertiary/aromatic N) is 1. The van der Waals surface area contributed by atoms with E-state index in [0.29, 0.717) is 10.6 Å². The average Bonchev–Trinajstić information content (AvgIpc) is 2.27. The van der Waals surface area contributed by atoms with Gasteiger partial charge in [0, 0.05) is 15.7 Å². The Morgan fingerprint density at radius 2 is 2.00 bits per heavy atom. The molecule has 0 radical (unpaired) electrons. The van der Waals surface area contributed by atoms with Crippen molar-refractivity contribution in [3.8, 4) is 11.4 Å².